The quantitative estimate of drug-likeness (QED) is 0.645. The number of carbonyl (C=O) groups is 1. The number of rotatable bonds is 4. The van der Waals surface area contributed by atoms with E-state index in [1.165, 1.54) is 0 Å². The molecule has 1 aromatic carbocycles. The lowest BCUT2D eigenvalue weighted by atomic mass is 10.0. The summed E-state index contributed by atoms with van der Waals surface area (Å²) in [5.41, 5.74) is 7.74. The number of hydrogen-bond donors (Lipinski definition) is 4. The minimum absolute atomic E-state index is 0.405. The molecule has 2 heterocycles. The molecular formula is C13H16N4O. The highest BCUT2D eigenvalue weighted by Gasteiger charge is 2.17. The lowest BCUT2D eigenvalue weighted by Crippen LogP contribution is -2.45. The third kappa shape index (κ3) is 1.82. The summed E-state index contributed by atoms with van der Waals surface area (Å²) >= 11 is 0. The fourth-order valence-electron chi connectivity index (χ4n) is 2.26. The van der Waals surface area contributed by atoms with Gasteiger partial charge in [0.25, 0.3) is 5.91 Å². The maximum atomic E-state index is 11.3. The van der Waals surface area contributed by atoms with Crippen LogP contribution in [0.25, 0.3) is 10.9 Å². The number of anilines is 1. The van der Waals surface area contributed by atoms with Gasteiger partial charge in [-0.2, -0.15) is 0 Å². The Kier molecular flexibility index (Phi) is 2.68. The summed E-state index contributed by atoms with van der Waals surface area (Å²) in [4.78, 5) is 14.4. The Morgan fingerprint density at radius 1 is 1.39 bits per heavy atom. The molecule has 94 valence electrons. The van der Waals surface area contributed by atoms with Crippen molar-refractivity contribution in [1.29, 1.82) is 0 Å². The molecule has 5 nitrogen and oxygen atoms in total. The molecule has 0 spiro atoms. The molecule has 0 saturated carbocycles. The summed E-state index contributed by atoms with van der Waals surface area (Å²) in [6, 6.07) is 5.65. The third-order valence-corrected chi connectivity index (χ3v) is 3.44. The Morgan fingerprint density at radius 3 is 2.89 bits per heavy atom. The smallest absolute Gasteiger partial charge is 0.250 e. The van der Waals surface area contributed by atoms with Crippen molar-refractivity contribution >= 4 is 22.5 Å². The second kappa shape index (κ2) is 4.34. The molecule has 1 aliphatic rings. The zero-order valence-corrected chi connectivity index (χ0v) is 9.99. The van der Waals surface area contributed by atoms with Gasteiger partial charge in [0.05, 0.1) is 11.1 Å². The lowest BCUT2D eigenvalue weighted by molar-refractivity contribution is 0.100. The van der Waals surface area contributed by atoms with Gasteiger partial charge in [-0.1, -0.05) is 0 Å². The van der Waals surface area contributed by atoms with Gasteiger partial charge in [-0.3, -0.25) is 4.79 Å². The fraction of sp³-hybridized carbons (Fsp3) is 0.308. The highest BCUT2D eigenvalue weighted by atomic mass is 16.1. The number of amides is 1. The van der Waals surface area contributed by atoms with Crippen molar-refractivity contribution in [2.75, 3.05) is 25.0 Å². The highest BCUT2D eigenvalue weighted by molar-refractivity contribution is 6.08. The van der Waals surface area contributed by atoms with Gasteiger partial charge in [-0.15, -0.1) is 0 Å². The van der Waals surface area contributed by atoms with Crippen LogP contribution in [0.1, 0.15) is 10.4 Å². The first-order valence-electron chi connectivity index (χ1n) is 6.10. The Labute approximate surface area is 105 Å². The molecule has 0 unspecified atom stereocenters. The van der Waals surface area contributed by atoms with Crippen LogP contribution in [0.3, 0.4) is 0 Å². The molecule has 1 aliphatic heterocycles. The van der Waals surface area contributed by atoms with Gasteiger partial charge in [0.2, 0.25) is 0 Å². The first kappa shape index (κ1) is 11.1. The van der Waals surface area contributed by atoms with Crippen LogP contribution in [-0.4, -0.2) is 30.5 Å². The van der Waals surface area contributed by atoms with E-state index in [0.717, 1.165) is 36.2 Å². The number of benzene rings is 1. The molecule has 1 fully saturated rings. The van der Waals surface area contributed by atoms with E-state index in [4.69, 9.17) is 5.73 Å². The van der Waals surface area contributed by atoms with Crippen molar-refractivity contribution in [3.63, 3.8) is 0 Å². The second-order valence-corrected chi connectivity index (χ2v) is 4.70. The van der Waals surface area contributed by atoms with Gasteiger partial charge < -0.3 is 21.4 Å². The predicted molar refractivity (Wildman–Crippen MR) is 71.7 cm³/mol. The van der Waals surface area contributed by atoms with Crippen LogP contribution in [0.4, 0.5) is 5.69 Å². The van der Waals surface area contributed by atoms with E-state index >= 15 is 0 Å². The van der Waals surface area contributed by atoms with E-state index in [9.17, 15) is 4.79 Å². The fourth-order valence-corrected chi connectivity index (χ4v) is 2.26. The maximum Gasteiger partial charge on any atom is 0.250 e. The molecular weight excluding hydrogens is 228 g/mol. The van der Waals surface area contributed by atoms with Crippen LogP contribution in [-0.2, 0) is 0 Å². The number of hydrogen-bond acceptors (Lipinski definition) is 3. The maximum absolute atomic E-state index is 11.3. The van der Waals surface area contributed by atoms with Crippen molar-refractivity contribution in [2.24, 2.45) is 11.7 Å². The summed E-state index contributed by atoms with van der Waals surface area (Å²) in [5, 5.41) is 7.69. The minimum atomic E-state index is -0.405. The van der Waals surface area contributed by atoms with Crippen molar-refractivity contribution < 1.29 is 4.79 Å². The van der Waals surface area contributed by atoms with Gasteiger partial charge >= 0.3 is 0 Å². The van der Waals surface area contributed by atoms with Crippen LogP contribution >= 0.6 is 0 Å². The summed E-state index contributed by atoms with van der Waals surface area (Å²) in [5.74, 6) is 0.284. The molecule has 1 saturated heterocycles. The van der Waals surface area contributed by atoms with Crippen molar-refractivity contribution in [3.05, 3.63) is 30.0 Å². The van der Waals surface area contributed by atoms with E-state index < -0.39 is 5.91 Å². The van der Waals surface area contributed by atoms with E-state index in [1.54, 1.807) is 6.07 Å². The van der Waals surface area contributed by atoms with Crippen LogP contribution in [0.2, 0.25) is 0 Å². The van der Waals surface area contributed by atoms with E-state index in [-0.39, 0.29) is 0 Å². The molecule has 0 aliphatic carbocycles. The van der Waals surface area contributed by atoms with Crippen molar-refractivity contribution in [3.8, 4) is 0 Å². The molecule has 1 aromatic heterocycles. The summed E-state index contributed by atoms with van der Waals surface area (Å²) in [7, 11) is 0. The molecule has 0 bridgehead atoms. The zero-order chi connectivity index (χ0) is 12.5. The molecule has 2 aromatic rings. The summed E-state index contributed by atoms with van der Waals surface area (Å²) in [6.07, 6.45) is 1.83. The number of primary amides is 1. The molecule has 0 atom stereocenters. The van der Waals surface area contributed by atoms with Crippen molar-refractivity contribution in [1.82, 2.24) is 10.3 Å². The molecule has 5 N–H and O–H groups in total. The van der Waals surface area contributed by atoms with Crippen molar-refractivity contribution in [2.45, 2.75) is 0 Å². The number of nitrogens with two attached hydrogens (primary N) is 1. The monoisotopic (exact) mass is 244 g/mol. The normalized spacial score (nSPS) is 15.6. The topological polar surface area (TPSA) is 82.9 Å². The molecule has 3 rings (SSSR count). The lowest BCUT2D eigenvalue weighted by Gasteiger charge is -2.27. The first-order valence-corrected chi connectivity index (χ1v) is 6.10. The van der Waals surface area contributed by atoms with E-state index in [0.29, 0.717) is 11.5 Å². The average molecular weight is 244 g/mol. The van der Waals surface area contributed by atoms with Gasteiger partial charge in [0.15, 0.2) is 0 Å². The van der Waals surface area contributed by atoms with E-state index in [2.05, 4.69) is 15.6 Å². The first-order chi connectivity index (χ1) is 8.75. The standard InChI is InChI=1S/C13H16N4O/c14-13(18)10-1-2-11(9-3-4-16-12(9)10)17-7-8-5-15-6-8/h1-4,8,15-17H,5-7H2,(H2,14,18). The Bertz CT molecular complexity index is 586. The number of nitrogens with one attached hydrogen (secondary N) is 3. The van der Waals surface area contributed by atoms with Crippen LogP contribution in [0.15, 0.2) is 24.4 Å². The largest absolute Gasteiger partial charge is 0.384 e. The van der Waals surface area contributed by atoms with Gasteiger partial charge in [-0.25, -0.2) is 0 Å². The number of H-pyrrole nitrogens is 1. The number of aromatic nitrogens is 1. The predicted octanol–water partition coefficient (Wildman–Crippen LogP) is 0.898. The Balaban J connectivity index is 1.90. The molecule has 1 amide bonds. The average Bonchev–Trinajstić information content (AvgIpc) is 2.75. The van der Waals surface area contributed by atoms with Crippen LogP contribution < -0.4 is 16.4 Å². The van der Waals surface area contributed by atoms with Crippen LogP contribution in [0, 0.1) is 5.92 Å². The summed E-state index contributed by atoms with van der Waals surface area (Å²) < 4.78 is 0. The van der Waals surface area contributed by atoms with Crippen LogP contribution in [0.5, 0.6) is 0 Å². The Hall–Kier alpha value is -2.01. The van der Waals surface area contributed by atoms with Gasteiger partial charge in [-0.05, 0) is 18.2 Å². The SMILES string of the molecule is NC(=O)c1ccc(NCC2CNC2)c2cc[nH]c12. The number of fused-ring (bicyclic) bond motifs is 1. The zero-order valence-electron chi connectivity index (χ0n) is 9.99. The molecule has 18 heavy (non-hydrogen) atoms. The summed E-state index contributed by atoms with van der Waals surface area (Å²) in [6.45, 7) is 3.09. The second-order valence-electron chi connectivity index (χ2n) is 4.70. The van der Waals surface area contributed by atoms with E-state index in [1.807, 2.05) is 18.3 Å². The molecule has 5 heteroatoms. The number of aromatic amines is 1. The minimum Gasteiger partial charge on any atom is -0.384 e. The highest BCUT2D eigenvalue weighted by Crippen LogP contribution is 2.26. The van der Waals surface area contributed by atoms with Gasteiger partial charge in [0.1, 0.15) is 0 Å². The Morgan fingerprint density at radius 2 is 2.22 bits per heavy atom. The third-order valence-electron chi connectivity index (χ3n) is 3.44. The number of carbonyl (C=O) groups excluding carboxylic acids is 1. The molecule has 0 radical (unpaired) electrons. The van der Waals surface area contributed by atoms with Gasteiger partial charge in [0, 0.05) is 42.8 Å².